The van der Waals surface area contributed by atoms with Gasteiger partial charge in [-0.25, -0.2) is 0 Å². The van der Waals surface area contributed by atoms with Gasteiger partial charge in [0.2, 0.25) is 0 Å². The molecule has 0 radical (unpaired) electrons. The Morgan fingerprint density at radius 2 is 2.24 bits per heavy atom. The molecule has 0 heterocycles. The number of nitrogens with one attached hydrogen (secondary N) is 1. The summed E-state index contributed by atoms with van der Waals surface area (Å²) in [4.78, 5) is 12.0. The molecule has 1 N–H and O–H groups in total. The van der Waals surface area contributed by atoms with E-state index in [0.29, 0.717) is 12.4 Å². The van der Waals surface area contributed by atoms with E-state index in [1.807, 2.05) is 25.1 Å². The molecule has 1 aliphatic carbocycles. The molecule has 0 unspecified atom stereocenters. The molecular formula is C13H15BrClNO. The average molecular weight is 317 g/mol. The van der Waals surface area contributed by atoms with Crippen LogP contribution >= 0.6 is 27.5 Å². The normalized spacial score (nSPS) is 16.6. The van der Waals surface area contributed by atoms with Crippen LogP contribution in [0.25, 0.3) is 0 Å². The van der Waals surface area contributed by atoms with Gasteiger partial charge >= 0.3 is 0 Å². The average Bonchev–Trinajstić information content (AvgIpc) is 3.10. The number of halogens is 2. The van der Waals surface area contributed by atoms with Gasteiger partial charge in [0.05, 0.1) is 0 Å². The minimum absolute atomic E-state index is 0.0137. The third-order valence-electron chi connectivity index (χ3n) is 3.31. The predicted octanol–water partition coefficient (Wildman–Crippen LogP) is 3.51. The zero-order valence-corrected chi connectivity index (χ0v) is 12.1. The van der Waals surface area contributed by atoms with Crippen LogP contribution in [0.15, 0.2) is 22.7 Å². The van der Waals surface area contributed by atoms with Crippen molar-refractivity contribution < 1.29 is 4.79 Å². The highest BCUT2D eigenvalue weighted by Gasteiger charge is 2.41. The summed E-state index contributed by atoms with van der Waals surface area (Å²) in [5.74, 6) is 0.616. The highest BCUT2D eigenvalue weighted by atomic mass is 79.9. The molecule has 1 saturated carbocycles. The molecule has 4 heteroatoms. The summed E-state index contributed by atoms with van der Waals surface area (Å²) in [5.41, 5.74) is 1.88. The van der Waals surface area contributed by atoms with E-state index in [9.17, 15) is 4.79 Å². The van der Waals surface area contributed by atoms with Crippen LogP contribution < -0.4 is 5.32 Å². The van der Waals surface area contributed by atoms with Gasteiger partial charge in [-0.15, -0.1) is 11.6 Å². The number of aryl methyl sites for hydroxylation is 1. The van der Waals surface area contributed by atoms with E-state index >= 15 is 0 Å². The Bertz CT molecular complexity index is 443. The molecule has 92 valence electrons. The van der Waals surface area contributed by atoms with E-state index in [2.05, 4.69) is 21.2 Å². The lowest BCUT2D eigenvalue weighted by Gasteiger charge is -2.13. The summed E-state index contributed by atoms with van der Waals surface area (Å²) in [6, 6.07) is 5.73. The Morgan fingerprint density at radius 3 is 2.82 bits per heavy atom. The number of hydrogen-bond donors (Lipinski definition) is 1. The van der Waals surface area contributed by atoms with Crippen LogP contribution in [0.3, 0.4) is 0 Å². The third kappa shape index (κ3) is 3.02. The highest BCUT2D eigenvalue weighted by Crippen LogP contribution is 2.45. The van der Waals surface area contributed by atoms with Crippen molar-refractivity contribution in [3.05, 3.63) is 33.8 Å². The lowest BCUT2D eigenvalue weighted by molar-refractivity contribution is 0.0946. The molecule has 1 aromatic carbocycles. The molecule has 0 saturated heterocycles. The van der Waals surface area contributed by atoms with Gasteiger partial charge in [0, 0.05) is 27.9 Å². The van der Waals surface area contributed by atoms with Crippen LogP contribution in [0.2, 0.25) is 0 Å². The van der Waals surface area contributed by atoms with Crippen LogP contribution in [-0.2, 0) is 0 Å². The minimum Gasteiger partial charge on any atom is -0.351 e. The van der Waals surface area contributed by atoms with E-state index in [0.717, 1.165) is 28.4 Å². The number of amides is 1. The Labute approximate surface area is 115 Å². The molecule has 1 fully saturated rings. The Morgan fingerprint density at radius 1 is 1.53 bits per heavy atom. The molecule has 1 amide bonds. The first-order valence-electron chi connectivity index (χ1n) is 5.67. The van der Waals surface area contributed by atoms with Gasteiger partial charge in [-0.3, -0.25) is 4.79 Å². The van der Waals surface area contributed by atoms with Gasteiger partial charge in [-0.2, -0.15) is 0 Å². The zero-order valence-electron chi connectivity index (χ0n) is 9.72. The van der Waals surface area contributed by atoms with Crippen molar-refractivity contribution in [2.45, 2.75) is 19.8 Å². The fraction of sp³-hybridized carbons (Fsp3) is 0.462. The van der Waals surface area contributed by atoms with Crippen LogP contribution in [0.1, 0.15) is 28.8 Å². The first-order chi connectivity index (χ1) is 8.06. The third-order valence-corrected chi connectivity index (χ3v) is 4.37. The molecule has 2 rings (SSSR count). The smallest absolute Gasteiger partial charge is 0.251 e. The van der Waals surface area contributed by atoms with Crippen molar-refractivity contribution in [1.29, 1.82) is 0 Å². The number of alkyl halides is 1. The second kappa shape index (κ2) is 4.99. The summed E-state index contributed by atoms with van der Waals surface area (Å²) in [6.07, 6.45) is 2.24. The maximum Gasteiger partial charge on any atom is 0.251 e. The molecule has 0 aliphatic heterocycles. The number of benzene rings is 1. The van der Waals surface area contributed by atoms with Gasteiger partial charge in [-0.05, 0) is 37.5 Å². The largest absolute Gasteiger partial charge is 0.351 e. The Kier molecular flexibility index (Phi) is 3.79. The number of carbonyl (C=O) groups excluding carboxylic acids is 1. The van der Waals surface area contributed by atoms with Gasteiger partial charge in [-0.1, -0.05) is 22.0 Å². The van der Waals surface area contributed by atoms with Crippen molar-refractivity contribution in [1.82, 2.24) is 5.32 Å². The van der Waals surface area contributed by atoms with Crippen molar-refractivity contribution in [2.75, 3.05) is 12.4 Å². The van der Waals surface area contributed by atoms with Gasteiger partial charge in [0.15, 0.2) is 0 Å². The highest BCUT2D eigenvalue weighted by molar-refractivity contribution is 9.10. The Balaban J connectivity index is 2.02. The number of hydrogen-bond acceptors (Lipinski definition) is 1. The molecule has 1 aliphatic rings. The molecule has 0 atom stereocenters. The van der Waals surface area contributed by atoms with Crippen LogP contribution in [-0.4, -0.2) is 18.3 Å². The number of carbonyl (C=O) groups is 1. The predicted molar refractivity (Wildman–Crippen MR) is 73.6 cm³/mol. The summed E-state index contributed by atoms with van der Waals surface area (Å²) in [7, 11) is 0. The molecule has 2 nitrogen and oxygen atoms in total. The second-order valence-corrected chi connectivity index (χ2v) is 5.96. The van der Waals surface area contributed by atoms with Gasteiger partial charge in [0.25, 0.3) is 5.91 Å². The van der Waals surface area contributed by atoms with E-state index in [4.69, 9.17) is 11.6 Å². The second-order valence-electron chi connectivity index (χ2n) is 4.78. The summed E-state index contributed by atoms with van der Waals surface area (Å²) < 4.78 is 0.923. The lowest BCUT2D eigenvalue weighted by Crippen LogP contribution is -2.31. The topological polar surface area (TPSA) is 29.1 Å². The summed E-state index contributed by atoms with van der Waals surface area (Å²) in [5, 5.41) is 2.98. The quantitative estimate of drug-likeness (QED) is 0.846. The number of rotatable bonds is 4. The molecule has 0 spiro atoms. The van der Waals surface area contributed by atoms with Gasteiger partial charge in [0.1, 0.15) is 0 Å². The van der Waals surface area contributed by atoms with Crippen LogP contribution in [0, 0.1) is 12.3 Å². The van der Waals surface area contributed by atoms with Crippen molar-refractivity contribution in [3.8, 4) is 0 Å². The van der Waals surface area contributed by atoms with E-state index in [1.54, 1.807) is 0 Å². The first kappa shape index (κ1) is 12.9. The fourth-order valence-corrected chi connectivity index (χ4v) is 2.46. The molecule has 0 bridgehead atoms. The summed E-state index contributed by atoms with van der Waals surface area (Å²) >= 11 is 9.26. The van der Waals surface area contributed by atoms with E-state index in [-0.39, 0.29) is 11.3 Å². The minimum atomic E-state index is -0.0137. The maximum atomic E-state index is 12.0. The SMILES string of the molecule is Cc1ccc(Br)cc1C(=O)NCC1(CCl)CC1. The molecule has 0 aromatic heterocycles. The Hall–Kier alpha value is -0.540. The fourth-order valence-electron chi connectivity index (χ4n) is 1.74. The van der Waals surface area contributed by atoms with Crippen molar-refractivity contribution in [3.63, 3.8) is 0 Å². The van der Waals surface area contributed by atoms with Crippen molar-refractivity contribution >= 4 is 33.4 Å². The zero-order chi connectivity index (χ0) is 12.5. The standard InChI is InChI=1S/C13H15BrClNO/c1-9-2-3-10(14)6-11(9)12(17)16-8-13(7-15)4-5-13/h2-3,6H,4-5,7-8H2,1H3,(H,16,17). The van der Waals surface area contributed by atoms with Gasteiger partial charge < -0.3 is 5.32 Å². The van der Waals surface area contributed by atoms with Crippen LogP contribution in [0.5, 0.6) is 0 Å². The lowest BCUT2D eigenvalue weighted by atomic mass is 10.1. The molecular weight excluding hydrogens is 302 g/mol. The maximum absolute atomic E-state index is 12.0. The van der Waals surface area contributed by atoms with E-state index < -0.39 is 0 Å². The summed E-state index contributed by atoms with van der Waals surface area (Å²) in [6.45, 7) is 2.62. The monoisotopic (exact) mass is 315 g/mol. The van der Waals surface area contributed by atoms with Crippen molar-refractivity contribution in [2.24, 2.45) is 5.41 Å². The molecule has 1 aromatic rings. The molecule has 17 heavy (non-hydrogen) atoms. The first-order valence-corrected chi connectivity index (χ1v) is 6.99. The van der Waals surface area contributed by atoms with E-state index in [1.165, 1.54) is 0 Å². The van der Waals surface area contributed by atoms with Crippen LogP contribution in [0.4, 0.5) is 0 Å².